The smallest absolute Gasteiger partial charge is 0.270 e. The molecule has 2 aromatic heterocycles. The van der Waals surface area contributed by atoms with Crippen LogP contribution in [0.2, 0.25) is 0 Å². The summed E-state index contributed by atoms with van der Waals surface area (Å²) in [5.41, 5.74) is 6.97. The van der Waals surface area contributed by atoms with Crippen LogP contribution < -0.4 is 11.1 Å². The van der Waals surface area contributed by atoms with Crippen LogP contribution in [0.5, 0.6) is 0 Å². The number of fused-ring (bicyclic) bond motifs is 1. The Morgan fingerprint density at radius 1 is 1.17 bits per heavy atom. The number of hydrogen-bond donors (Lipinski definition) is 2. The molecule has 3 aromatic rings. The van der Waals surface area contributed by atoms with Crippen molar-refractivity contribution in [1.29, 1.82) is 0 Å². The van der Waals surface area contributed by atoms with E-state index in [2.05, 4.69) is 21.4 Å². The van der Waals surface area contributed by atoms with Gasteiger partial charge >= 0.3 is 0 Å². The number of nitrogens with one attached hydrogen (secondary N) is 1. The van der Waals surface area contributed by atoms with Crippen molar-refractivity contribution >= 4 is 51.2 Å². The minimum atomic E-state index is -0.138. The number of amides is 1. The average molecular weight is 369 g/mol. The number of thiazole rings is 2. The van der Waals surface area contributed by atoms with Gasteiger partial charge in [0.15, 0.2) is 0 Å². The summed E-state index contributed by atoms with van der Waals surface area (Å²) in [4.78, 5) is 20.8. The number of para-hydroxylation sites is 1. The first-order valence-electron chi connectivity index (χ1n) is 7.03. The molecule has 0 saturated heterocycles. The van der Waals surface area contributed by atoms with Crippen LogP contribution in [0.25, 0.3) is 10.2 Å². The molecule has 23 heavy (non-hydrogen) atoms. The molecule has 0 bridgehead atoms. The monoisotopic (exact) mass is 368 g/mol. The van der Waals surface area contributed by atoms with Crippen LogP contribution in [0.4, 0.5) is 0 Å². The minimum Gasteiger partial charge on any atom is -0.350 e. The second-order valence-electron chi connectivity index (χ2n) is 4.75. The molecular formula is C15H17ClN4OS2. The Hall–Kier alpha value is -1.54. The van der Waals surface area contributed by atoms with Crippen molar-refractivity contribution in [3.63, 3.8) is 0 Å². The quantitative estimate of drug-likeness (QED) is 0.700. The summed E-state index contributed by atoms with van der Waals surface area (Å²) in [6.07, 6.45) is 1.44. The van der Waals surface area contributed by atoms with Crippen molar-refractivity contribution < 1.29 is 4.79 Å². The molecular weight excluding hydrogens is 352 g/mol. The normalized spacial score (nSPS) is 10.5. The van der Waals surface area contributed by atoms with Gasteiger partial charge in [-0.15, -0.1) is 35.1 Å². The van der Waals surface area contributed by atoms with E-state index < -0.39 is 0 Å². The molecule has 3 N–H and O–H groups in total. The second-order valence-corrected chi connectivity index (χ2v) is 6.80. The zero-order valence-electron chi connectivity index (χ0n) is 12.3. The first kappa shape index (κ1) is 17.8. The number of carbonyl (C=O) groups is 1. The van der Waals surface area contributed by atoms with Gasteiger partial charge in [0.25, 0.3) is 5.91 Å². The van der Waals surface area contributed by atoms with E-state index in [0.29, 0.717) is 25.2 Å². The molecule has 0 radical (unpaired) electrons. The van der Waals surface area contributed by atoms with Gasteiger partial charge in [0, 0.05) is 24.8 Å². The van der Waals surface area contributed by atoms with E-state index in [1.165, 1.54) is 16.0 Å². The Labute approximate surface area is 148 Å². The van der Waals surface area contributed by atoms with Crippen molar-refractivity contribution in [1.82, 2.24) is 15.3 Å². The van der Waals surface area contributed by atoms with E-state index in [1.54, 1.807) is 16.7 Å². The average Bonchev–Trinajstić information content (AvgIpc) is 3.13. The highest BCUT2D eigenvalue weighted by Crippen LogP contribution is 2.21. The highest BCUT2D eigenvalue weighted by atomic mass is 35.5. The van der Waals surface area contributed by atoms with E-state index in [0.717, 1.165) is 22.0 Å². The molecule has 0 spiro atoms. The zero-order chi connectivity index (χ0) is 15.4. The summed E-state index contributed by atoms with van der Waals surface area (Å²) in [6, 6.07) is 8.05. The fraction of sp³-hybridized carbons (Fsp3) is 0.267. The molecule has 5 nitrogen and oxygen atoms in total. The van der Waals surface area contributed by atoms with Crippen LogP contribution in [0.3, 0.4) is 0 Å². The first-order chi connectivity index (χ1) is 10.8. The molecule has 0 aliphatic heterocycles. The molecule has 122 valence electrons. The highest BCUT2D eigenvalue weighted by Gasteiger charge is 2.10. The molecule has 0 fully saturated rings. The zero-order valence-corrected chi connectivity index (χ0v) is 14.8. The lowest BCUT2D eigenvalue weighted by Gasteiger charge is -2.00. The van der Waals surface area contributed by atoms with Gasteiger partial charge in [0.1, 0.15) is 5.69 Å². The molecule has 2 heterocycles. The van der Waals surface area contributed by atoms with Crippen LogP contribution in [-0.4, -0.2) is 29.0 Å². The van der Waals surface area contributed by atoms with Crippen LogP contribution >= 0.6 is 35.1 Å². The number of carbonyl (C=O) groups excluding carboxylic acids is 1. The molecule has 8 heteroatoms. The van der Waals surface area contributed by atoms with Crippen molar-refractivity contribution in [3.8, 4) is 0 Å². The first-order valence-corrected chi connectivity index (χ1v) is 8.73. The molecule has 1 amide bonds. The lowest BCUT2D eigenvalue weighted by atomic mass is 10.3. The van der Waals surface area contributed by atoms with Crippen LogP contribution in [-0.2, 0) is 12.8 Å². The second kappa shape index (κ2) is 8.35. The van der Waals surface area contributed by atoms with Gasteiger partial charge in [-0.1, -0.05) is 12.1 Å². The summed E-state index contributed by atoms with van der Waals surface area (Å²) >= 11 is 3.14. The highest BCUT2D eigenvalue weighted by molar-refractivity contribution is 7.18. The number of rotatable bonds is 6. The molecule has 0 saturated carbocycles. The van der Waals surface area contributed by atoms with Crippen molar-refractivity contribution in [3.05, 3.63) is 45.4 Å². The maximum atomic E-state index is 12.0. The van der Waals surface area contributed by atoms with Gasteiger partial charge in [-0.25, -0.2) is 9.97 Å². The van der Waals surface area contributed by atoms with Gasteiger partial charge in [-0.05, 0) is 18.7 Å². The Kier molecular flexibility index (Phi) is 6.47. The van der Waals surface area contributed by atoms with Gasteiger partial charge in [-0.2, -0.15) is 0 Å². The van der Waals surface area contributed by atoms with Gasteiger partial charge in [0.05, 0.1) is 20.2 Å². The molecule has 0 aliphatic rings. The third kappa shape index (κ3) is 4.48. The van der Waals surface area contributed by atoms with E-state index in [-0.39, 0.29) is 18.3 Å². The lowest BCUT2D eigenvalue weighted by Crippen LogP contribution is -2.26. The third-order valence-electron chi connectivity index (χ3n) is 3.11. The number of halogens is 1. The van der Waals surface area contributed by atoms with Gasteiger partial charge in [0.2, 0.25) is 0 Å². The van der Waals surface area contributed by atoms with E-state index in [4.69, 9.17) is 5.73 Å². The Morgan fingerprint density at radius 3 is 2.78 bits per heavy atom. The van der Waals surface area contributed by atoms with Crippen molar-refractivity contribution in [2.45, 2.75) is 12.8 Å². The summed E-state index contributed by atoms with van der Waals surface area (Å²) in [5.74, 6) is -0.138. The number of nitrogens with two attached hydrogens (primary N) is 1. The fourth-order valence-corrected chi connectivity index (χ4v) is 3.81. The van der Waals surface area contributed by atoms with Crippen LogP contribution in [0.15, 0.2) is 29.6 Å². The molecule has 3 rings (SSSR count). The number of benzene rings is 1. The number of aromatic nitrogens is 2. The van der Waals surface area contributed by atoms with E-state index >= 15 is 0 Å². The molecule has 0 unspecified atom stereocenters. The summed E-state index contributed by atoms with van der Waals surface area (Å²) in [6.45, 7) is 1.11. The summed E-state index contributed by atoms with van der Waals surface area (Å²) in [7, 11) is 0. The van der Waals surface area contributed by atoms with Crippen LogP contribution in [0, 0.1) is 0 Å². The molecule has 1 aromatic carbocycles. The van der Waals surface area contributed by atoms with Crippen LogP contribution in [0.1, 0.15) is 20.5 Å². The lowest BCUT2D eigenvalue weighted by molar-refractivity contribution is 0.0949. The largest absolute Gasteiger partial charge is 0.350 e. The minimum absolute atomic E-state index is 0. The summed E-state index contributed by atoms with van der Waals surface area (Å²) in [5, 5.41) is 6.60. The van der Waals surface area contributed by atoms with E-state index in [9.17, 15) is 4.79 Å². The SMILES string of the molecule is Cl.NCCc1nc(C(=O)NCCc2nc3ccccc3s2)cs1. The van der Waals surface area contributed by atoms with E-state index in [1.807, 2.05) is 18.2 Å². The fourth-order valence-electron chi connectivity index (χ4n) is 2.05. The molecule has 0 atom stereocenters. The van der Waals surface area contributed by atoms with Gasteiger partial charge in [-0.3, -0.25) is 4.79 Å². The van der Waals surface area contributed by atoms with Crippen molar-refractivity contribution in [2.24, 2.45) is 5.73 Å². The number of nitrogens with zero attached hydrogens (tertiary/aromatic N) is 2. The molecule has 0 aliphatic carbocycles. The Morgan fingerprint density at radius 2 is 2.00 bits per heavy atom. The maximum absolute atomic E-state index is 12.0. The van der Waals surface area contributed by atoms with Crippen molar-refractivity contribution in [2.75, 3.05) is 13.1 Å². The maximum Gasteiger partial charge on any atom is 0.270 e. The van der Waals surface area contributed by atoms with Gasteiger partial charge < -0.3 is 11.1 Å². The predicted molar refractivity (Wildman–Crippen MR) is 97.8 cm³/mol. The standard InChI is InChI=1S/C15H16N4OS2.ClH/c16-7-5-13-19-11(9-21-13)15(20)17-8-6-14-18-10-3-1-2-4-12(10)22-14;/h1-4,9H,5-8,16H2,(H,17,20);1H. The Bertz CT molecular complexity index is 753. The topological polar surface area (TPSA) is 80.9 Å². The Balaban J connectivity index is 0.00000192. The third-order valence-corrected chi connectivity index (χ3v) is 5.11. The predicted octanol–water partition coefficient (Wildman–Crippen LogP) is 2.65. The summed E-state index contributed by atoms with van der Waals surface area (Å²) < 4.78 is 1.18. The number of hydrogen-bond acceptors (Lipinski definition) is 6.